The third kappa shape index (κ3) is 6.62. The Morgan fingerprint density at radius 1 is 1.50 bits per heavy atom. The van der Waals surface area contributed by atoms with Gasteiger partial charge in [0, 0.05) is 0 Å². The molecule has 1 unspecified atom stereocenters. The van der Waals surface area contributed by atoms with Gasteiger partial charge >= 0.3 is 5.97 Å². The molecule has 0 aliphatic heterocycles. The molecule has 0 amide bonds. The number of aliphatic hydroxyl groups excluding tert-OH is 1. The predicted octanol–water partition coefficient (Wildman–Crippen LogP) is 0.520. The van der Waals surface area contributed by atoms with Gasteiger partial charge in [-0.2, -0.15) is 0 Å². The van der Waals surface area contributed by atoms with E-state index in [4.69, 9.17) is 9.84 Å². The highest BCUT2D eigenvalue weighted by Gasteiger charge is 2.12. The van der Waals surface area contributed by atoms with E-state index in [1.807, 2.05) is 21.1 Å². The standard InChI is InChI=1S/C10H20NO3/c1-8(6-11(3,4)5)10(13)14-7-9(2)12/h6,9,12H,7H2,1-5H3/q+1. The quantitative estimate of drug-likeness (QED) is 0.411. The van der Waals surface area contributed by atoms with E-state index >= 15 is 0 Å². The average molecular weight is 202 g/mol. The number of nitrogens with zero attached hydrogens (tertiary/aromatic N) is 1. The zero-order valence-electron chi connectivity index (χ0n) is 9.57. The summed E-state index contributed by atoms with van der Waals surface area (Å²) in [6.45, 7) is 3.32. The number of quaternary nitrogens is 1. The van der Waals surface area contributed by atoms with Crippen LogP contribution in [0, 0.1) is 0 Å². The van der Waals surface area contributed by atoms with E-state index in [-0.39, 0.29) is 12.6 Å². The van der Waals surface area contributed by atoms with Crippen molar-refractivity contribution in [3.8, 4) is 0 Å². The molecule has 1 N–H and O–H groups in total. The molecule has 0 saturated carbocycles. The Morgan fingerprint density at radius 2 is 2.00 bits per heavy atom. The number of hydrogen-bond donors (Lipinski definition) is 1. The molecule has 1 atom stereocenters. The minimum absolute atomic E-state index is 0.0428. The monoisotopic (exact) mass is 202 g/mol. The van der Waals surface area contributed by atoms with Gasteiger partial charge in [0.15, 0.2) is 0 Å². The maximum atomic E-state index is 11.3. The molecule has 0 bridgehead atoms. The van der Waals surface area contributed by atoms with Crippen molar-refractivity contribution in [2.45, 2.75) is 20.0 Å². The fourth-order valence-electron chi connectivity index (χ4n) is 0.944. The summed E-state index contributed by atoms with van der Waals surface area (Å²) in [7, 11) is 5.85. The van der Waals surface area contributed by atoms with Gasteiger partial charge in [-0.15, -0.1) is 0 Å². The smallest absolute Gasteiger partial charge is 0.339 e. The minimum Gasteiger partial charge on any atom is -0.459 e. The Balaban J connectivity index is 4.20. The van der Waals surface area contributed by atoms with Crippen LogP contribution in [-0.4, -0.2) is 49.4 Å². The molecule has 0 radical (unpaired) electrons. The summed E-state index contributed by atoms with van der Waals surface area (Å²) in [5, 5.41) is 8.92. The molecule has 0 heterocycles. The summed E-state index contributed by atoms with van der Waals surface area (Å²) in [4.78, 5) is 11.3. The van der Waals surface area contributed by atoms with Crippen LogP contribution in [0.4, 0.5) is 0 Å². The van der Waals surface area contributed by atoms with Crippen LogP contribution in [0.3, 0.4) is 0 Å². The molecule has 0 fully saturated rings. The third-order valence-corrected chi connectivity index (χ3v) is 1.36. The number of hydrogen-bond acceptors (Lipinski definition) is 3. The van der Waals surface area contributed by atoms with E-state index in [2.05, 4.69) is 0 Å². The Bertz CT molecular complexity index is 226. The molecule has 0 aromatic rings. The first-order chi connectivity index (χ1) is 6.22. The van der Waals surface area contributed by atoms with Crippen molar-refractivity contribution in [3.63, 3.8) is 0 Å². The molecule has 0 aromatic heterocycles. The van der Waals surface area contributed by atoms with Gasteiger partial charge in [0.1, 0.15) is 12.8 Å². The van der Waals surface area contributed by atoms with E-state index < -0.39 is 6.10 Å². The van der Waals surface area contributed by atoms with E-state index in [0.717, 1.165) is 0 Å². The fraction of sp³-hybridized carbons (Fsp3) is 0.700. The van der Waals surface area contributed by atoms with Crippen LogP contribution < -0.4 is 0 Å². The summed E-state index contributed by atoms with van der Waals surface area (Å²) in [5.41, 5.74) is 0.554. The summed E-state index contributed by atoms with van der Waals surface area (Å²) in [5.74, 6) is -0.376. The van der Waals surface area contributed by atoms with Crippen molar-refractivity contribution < 1.29 is 19.1 Å². The zero-order chi connectivity index (χ0) is 11.4. The Kier molecular flexibility index (Phi) is 4.80. The summed E-state index contributed by atoms with van der Waals surface area (Å²) < 4.78 is 5.41. The zero-order valence-corrected chi connectivity index (χ0v) is 9.57. The highest BCUT2D eigenvalue weighted by Crippen LogP contribution is 2.02. The van der Waals surface area contributed by atoms with E-state index in [9.17, 15) is 4.79 Å². The van der Waals surface area contributed by atoms with Crippen LogP contribution in [0.2, 0.25) is 0 Å². The van der Waals surface area contributed by atoms with Gasteiger partial charge in [-0.3, -0.25) is 0 Å². The number of aliphatic hydroxyl groups is 1. The molecule has 4 nitrogen and oxygen atoms in total. The van der Waals surface area contributed by atoms with Crippen LogP contribution >= 0.6 is 0 Å². The van der Waals surface area contributed by atoms with E-state index in [1.165, 1.54) is 0 Å². The molecular formula is C10H20NO3+. The Morgan fingerprint density at radius 3 is 2.36 bits per heavy atom. The molecule has 0 aliphatic rings. The SMILES string of the molecule is CC(=C[N+](C)(C)C)C(=O)OCC(C)O. The van der Waals surface area contributed by atoms with Crippen molar-refractivity contribution in [1.82, 2.24) is 0 Å². The first-order valence-corrected chi connectivity index (χ1v) is 4.58. The molecule has 0 aliphatic carbocycles. The first-order valence-electron chi connectivity index (χ1n) is 4.58. The maximum Gasteiger partial charge on any atom is 0.339 e. The Hall–Kier alpha value is -0.870. The highest BCUT2D eigenvalue weighted by atomic mass is 16.5. The van der Waals surface area contributed by atoms with Gasteiger partial charge in [0.05, 0.1) is 32.8 Å². The van der Waals surface area contributed by atoms with E-state index in [1.54, 1.807) is 20.0 Å². The predicted molar refractivity (Wildman–Crippen MR) is 54.4 cm³/mol. The Labute approximate surface area is 85.4 Å². The van der Waals surface area contributed by atoms with Crippen molar-refractivity contribution in [2.75, 3.05) is 27.7 Å². The molecule has 0 aromatic carbocycles. The van der Waals surface area contributed by atoms with Gasteiger partial charge in [-0.05, 0) is 13.8 Å². The molecular weight excluding hydrogens is 182 g/mol. The second-order valence-electron chi connectivity index (χ2n) is 4.38. The van der Waals surface area contributed by atoms with Crippen LogP contribution in [0.5, 0.6) is 0 Å². The second-order valence-corrected chi connectivity index (χ2v) is 4.38. The number of carbonyl (C=O) groups excluding carboxylic acids is 1. The number of ether oxygens (including phenoxy) is 1. The lowest BCUT2D eigenvalue weighted by atomic mass is 10.3. The maximum absolute atomic E-state index is 11.3. The molecule has 4 heteroatoms. The molecule has 82 valence electrons. The summed E-state index contributed by atoms with van der Waals surface area (Å²) in [6.07, 6.45) is 1.18. The van der Waals surface area contributed by atoms with Crippen molar-refractivity contribution in [3.05, 3.63) is 11.8 Å². The van der Waals surface area contributed by atoms with Gasteiger partial charge in [0.25, 0.3) is 0 Å². The summed E-state index contributed by atoms with van der Waals surface area (Å²) in [6, 6.07) is 0. The first kappa shape index (κ1) is 13.1. The highest BCUT2D eigenvalue weighted by molar-refractivity contribution is 5.87. The van der Waals surface area contributed by atoms with Gasteiger partial charge in [-0.25, -0.2) is 4.79 Å². The number of rotatable bonds is 4. The van der Waals surface area contributed by atoms with Gasteiger partial charge in [-0.1, -0.05) is 0 Å². The van der Waals surface area contributed by atoms with Crippen LogP contribution in [0.1, 0.15) is 13.8 Å². The third-order valence-electron chi connectivity index (χ3n) is 1.36. The summed E-state index contributed by atoms with van der Waals surface area (Å²) >= 11 is 0. The van der Waals surface area contributed by atoms with Crippen LogP contribution in [-0.2, 0) is 9.53 Å². The van der Waals surface area contributed by atoms with Gasteiger partial charge in [0.2, 0.25) is 0 Å². The van der Waals surface area contributed by atoms with Crippen LogP contribution in [0.25, 0.3) is 0 Å². The number of esters is 1. The van der Waals surface area contributed by atoms with Gasteiger partial charge < -0.3 is 14.3 Å². The molecule has 0 rings (SSSR count). The molecule has 0 saturated heterocycles. The largest absolute Gasteiger partial charge is 0.459 e. The normalized spacial score (nSPS) is 15.1. The van der Waals surface area contributed by atoms with E-state index in [0.29, 0.717) is 10.1 Å². The van der Waals surface area contributed by atoms with Crippen molar-refractivity contribution >= 4 is 5.97 Å². The lowest BCUT2D eigenvalue weighted by molar-refractivity contribution is -0.817. The van der Waals surface area contributed by atoms with Crippen molar-refractivity contribution in [1.29, 1.82) is 0 Å². The minimum atomic E-state index is -0.615. The number of carbonyl (C=O) groups is 1. The topological polar surface area (TPSA) is 46.5 Å². The molecule has 14 heavy (non-hydrogen) atoms. The molecule has 0 spiro atoms. The lowest BCUT2D eigenvalue weighted by Crippen LogP contribution is -2.28. The lowest BCUT2D eigenvalue weighted by Gasteiger charge is -2.18. The fourth-order valence-corrected chi connectivity index (χ4v) is 0.944. The van der Waals surface area contributed by atoms with Crippen molar-refractivity contribution in [2.24, 2.45) is 0 Å². The second kappa shape index (κ2) is 5.12. The van der Waals surface area contributed by atoms with Crippen LogP contribution in [0.15, 0.2) is 11.8 Å². The average Bonchev–Trinajstić information content (AvgIpc) is 1.96.